The first-order chi connectivity index (χ1) is 11.0. The van der Waals surface area contributed by atoms with E-state index in [1.54, 1.807) is 24.3 Å². The molecule has 6 heteroatoms. The number of Topliss-reactive ketones (excluding diaryl/α,β-unsaturated/α-hetero) is 1. The summed E-state index contributed by atoms with van der Waals surface area (Å²) in [6.07, 6.45) is 2.70. The van der Waals surface area contributed by atoms with E-state index < -0.39 is 0 Å². The summed E-state index contributed by atoms with van der Waals surface area (Å²) in [4.78, 5) is 23.6. The maximum absolute atomic E-state index is 12.6. The topological polar surface area (TPSA) is 61.8 Å². The number of rotatable bonds is 3. The number of carbonyl (C=O) groups is 2. The van der Waals surface area contributed by atoms with Gasteiger partial charge >= 0.3 is 5.97 Å². The number of halogens is 1. The summed E-state index contributed by atoms with van der Waals surface area (Å²) >= 11 is 5.83. The molecule has 1 aliphatic heterocycles. The number of carbonyl (C=O) groups excluding carboxylic acids is 2. The van der Waals surface area contributed by atoms with E-state index in [1.165, 1.54) is 13.2 Å². The van der Waals surface area contributed by atoms with E-state index in [0.29, 0.717) is 30.0 Å². The van der Waals surface area contributed by atoms with Gasteiger partial charge in [0.15, 0.2) is 0 Å². The SMILES string of the molecule is CC(=O)OC1CCC2C(=O)C(Oc3ccc(Cl)cc3)=COC2C1. The van der Waals surface area contributed by atoms with Gasteiger partial charge in [0.25, 0.3) is 0 Å². The molecule has 0 bridgehead atoms. The van der Waals surface area contributed by atoms with E-state index >= 15 is 0 Å². The third-order valence-electron chi connectivity index (χ3n) is 4.05. The summed E-state index contributed by atoms with van der Waals surface area (Å²) in [6.45, 7) is 1.39. The average molecular weight is 337 g/mol. The summed E-state index contributed by atoms with van der Waals surface area (Å²) in [6, 6.07) is 6.78. The van der Waals surface area contributed by atoms with E-state index in [1.807, 2.05) is 0 Å². The van der Waals surface area contributed by atoms with Crippen molar-refractivity contribution in [3.63, 3.8) is 0 Å². The van der Waals surface area contributed by atoms with Crippen LogP contribution in [0, 0.1) is 5.92 Å². The lowest BCUT2D eigenvalue weighted by molar-refractivity contribution is -0.152. The van der Waals surface area contributed by atoms with Gasteiger partial charge in [-0.15, -0.1) is 0 Å². The number of esters is 1. The van der Waals surface area contributed by atoms with Crippen LogP contribution in [0.4, 0.5) is 0 Å². The molecule has 1 fully saturated rings. The van der Waals surface area contributed by atoms with E-state index in [9.17, 15) is 9.59 Å². The number of benzene rings is 1. The van der Waals surface area contributed by atoms with Crippen LogP contribution >= 0.6 is 11.6 Å². The Morgan fingerprint density at radius 3 is 2.70 bits per heavy atom. The number of fused-ring (bicyclic) bond motifs is 1. The summed E-state index contributed by atoms with van der Waals surface area (Å²) in [5.41, 5.74) is 0. The highest BCUT2D eigenvalue weighted by molar-refractivity contribution is 6.30. The van der Waals surface area contributed by atoms with E-state index in [2.05, 4.69) is 0 Å². The summed E-state index contributed by atoms with van der Waals surface area (Å²) in [7, 11) is 0. The molecule has 5 nitrogen and oxygen atoms in total. The molecule has 3 rings (SSSR count). The average Bonchev–Trinajstić information content (AvgIpc) is 2.51. The summed E-state index contributed by atoms with van der Waals surface area (Å²) in [5.74, 6) is 0.0913. The molecule has 3 atom stereocenters. The fourth-order valence-electron chi connectivity index (χ4n) is 2.98. The minimum Gasteiger partial charge on any atom is -0.493 e. The molecule has 1 saturated carbocycles. The Balaban J connectivity index is 1.67. The van der Waals surface area contributed by atoms with Crippen molar-refractivity contribution in [2.75, 3.05) is 0 Å². The Kier molecular flexibility index (Phi) is 4.57. The Labute approximate surface area is 139 Å². The standard InChI is InChI=1S/C17H17ClO5/c1-10(19)22-13-6-7-14-15(8-13)21-9-16(17(14)20)23-12-4-2-11(18)3-5-12/h2-5,9,13-15H,6-8H2,1H3. The Bertz CT molecular complexity index is 637. The van der Waals surface area contributed by atoms with Crippen molar-refractivity contribution in [2.24, 2.45) is 5.92 Å². The van der Waals surface area contributed by atoms with Gasteiger partial charge in [0, 0.05) is 18.4 Å². The first kappa shape index (κ1) is 15.9. The lowest BCUT2D eigenvalue weighted by Gasteiger charge is -2.36. The van der Waals surface area contributed by atoms with Crippen LogP contribution in [0.1, 0.15) is 26.2 Å². The second kappa shape index (κ2) is 6.62. The van der Waals surface area contributed by atoms with Crippen LogP contribution in [-0.4, -0.2) is 24.0 Å². The molecule has 1 aromatic carbocycles. The third kappa shape index (κ3) is 3.67. The van der Waals surface area contributed by atoms with Gasteiger partial charge in [-0.2, -0.15) is 0 Å². The maximum Gasteiger partial charge on any atom is 0.302 e. The van der Waals surface area contributed by atoms with Gasteiger partial charge in [0.2, 0.25) is 11.5 Å². The highest BCUT2D eigenvalue weighted by Crippen LogP contribution is 2.35. The van der Waals surface area contributed by atoms with Gasteiger partial charge in [-0.3, -0.25) is 9.59 Å². The van der Waals surface area contributed by atoms with Crippen molar-refractivity contribution in [2.45, 2.75) is 38.4 Å². The second-order valence-corrected chi connectivity index (χ2v) is 6.16. The molecule has 0 radical (unpaired) electrons. The van der Waals surface area contributed by atoms with E-state index in [0.717, 1.165) is 0 Å². The fourth-order valence-corrected chi connectivity index (χ4v) is 3.10. The molecule has 0 amide bonds. The van der Waals surface area contributed by atoms with Gasteiger partial charge < -0.3 is 14.2 Å². The molecule has 3 unspecified atom stereocenters. The zero-order valence-corrected chi connectivity index (χ0v) is 13.4. The number of hydrogen-bond donors (Lipinski definition) is 0. The Morgan fingerprint density at radius 2 is 2.00 bits per heavy atom. The molecule has 1 aliphatic carbocycles. The molecule has 23 heavy (non-hydrogen) atoms. The highest BCUT2D eigenvalue weighted by atomic mass is 35.5. The predicted molar refractivity (Wildman–Crippen MR) is 82.9 cm³/mol. The number of ether oxygens (including phenoxy) is 3. The van der Waals surface area contributed by atoms with Gasteiger partial charge in [0.1, 0.15) is 24.2 Å². The Morgan fingerprint density at radius 1 is 1.26 bits per heavy atom. The normalized spacial score (nSPS) is 26.6. The van der Waals surface area contributed by atoms with Gasteiger partial charge in [-0.1, -0.05) is 11.6 Å². The molecular formula is C17H17ClO5. The quantitative estimate of drug-likeness (QED) is 0.793. The number of ketones is 1. The molecule has 2 aliphatic rings. The Hall–Kier alpha value is -2.01. The van der Waals surface area contributed by atoms with E-state index in [-0.39, 0.29) is 35.6 Å². The third-order valence-corrected chi connectivity index (χ3v) is 4.30. The van der Waals surface area contributed by atoms with Crippen molar-refractivity contribution in [3.8, 4) is 5.75 Å². The van der Waals surface area contributed by atoms with Crippen molar-refractivity contribution in [3.05, 3.63) is 41.3 Å². The van der Waals surface area contributed by atoms with Crippen molar-refractivity contribution in [1.82, 2.24) is 0 Å². The monoisotopic (exact) mass is 336 g/mol. The first-order valence-corrected chi connectivity index (χ1v) is 7.91. The molecule has 0 aromatic heterocycles. The minimum atomic E-state index is -0.308. The summed E-state index contributed by atoms with van der Waals surface area (Å²) < 4.78 is 16.5. The smallest absolute Gasteiger partial charge is 0.302 e. The van der Waals surface area contributed by atoms with Crippen LogP contribution in [0.25, 0.3) is 0 Å². The number of allylic oxidation sites excluding steroid dienone is 1. The first-order valence-electron chi connectivity index (χ1n) is 7.53. The molecular weight excluding hydrogens is 320 g/mol. The maximum atomic E-state index is 12.6. The lowest BCUT2D eigenvalue weighted by Crippen LogP contribution is -2.42. The highest BCUT2D eigenvalue weighted by Gasteiger charge is 2.41. The van der Waals surface area contributed by atoms with Crippen molar-refractivity contribution >= 4 is 23.4 Å². The van der Waals surface area contributed by atoms with Crippen LogP contribution in [0.5, 0.6) is 5.75 Å². The zero-order valence-electron chi connectivity index (χ0n) is 12.7. The fraction of sp³-hybridized carbons (Fsp3) is 0.412. The van der Waals surface area contributed by atoms with E-state index in [4.69, 9.17) is 25.8 Å². The second-order valence-electron chi connectivity index (χ2n) is 5.73. The number of hydrogen-bond acceptors (Lipinski definition) is 5. The molecule has 0 saturated heterocycles. The van der Waals surface area contributed by atoms with Crippen LogP contribution in [0.2, 0.25) is 5.02 Å². The molecule has 0 spiro atoms. The predicted octanol–water partition coefficient (Wildman–Crippen LogP) is 3.26. The molecule has 1 heterocycles. The molecule has 1 aromatic rings. The molecule has 0 N–H and O–H groups in total. The van der Waals surface area contributed by atoms with Crippen molar-refractivity contribution < 1.29 is 23.8 Å². The zero-order chi connectivity index (χ0) is 16.4. The van der Waals surface area contributed by atoms with Crippen LogP contribution in [-0.2, 0) is 19.1 Å². The summed E-state index contributed by atoms with van der Waals surface area (Å²) in [5, 5.41) is 0.599. The van der Waals surface area contributed by atoms with Gasteiger partial charge in [-0.05, 0) is 37.1 Å². The van der Waals surface area contributed by atoms with Crippen LogP contribution < -0.4 is 4.74 Å². The minimum absolute atomic E-state index is 0.0718. The van der Waals surface area contributed by atoms with Gasteiger partial charge in [0.05, 0.1) is 5.92 Å². The lowest BCUT2D eigenvalue weighted by atomic mass is 9.80. The molecule has 122 valence electrons. The van der Waals surface area contributed by atoms with Crippen molar-refractivity contribution in [1.29, 1.82) is 0 Å². The van der Waals surface area contributed by atoms with Crippen LogP contribution in [0.3, 0.4) is 0 Å². The van der Waals surface area contributed by atoms with Gasteiger partial charge in [-0.25, -0.2) is 0 Å². The largest absolute Gasteiger partial charge is 0.493 e. The van der Waals surface area contributed by atoms with Crippen LogP contribution in [0.15, 0.2) is 36.3 Å².